The van der Waals surface area contributed by atoms with Crippen molar-refractivity contribution in [2.45, 2.75) is 64.6 Å². The Hall–Kier alpha value is -1.09. The molecule has 0 aromatic heterocycles. The van der Waals surface area contributed by atoms with Crippen molar-refractivity contribution in [3.63, 3.8) is 0 Å². The van der Waals surface area contributed by atoms with Crippen LogP contribution in [0.15, 0.2) is 23.8 Å². The zero-order valence-electron chi connectivity index (χ0n) is 14.2. The summed E-state index contributed by atoms with van der Waals surface area (Å²) >= 11 is 0. The fourth-order valence-corrected chi connectivity index (χ4v) is 6.13. The largest absolute Gasteiger partial charge is 0.462 e. The number of aliphatic hydroxyl groups is 1. The van der Waals surface area contributed by atoms with Crippen LogP contribution in [0.4, 0.5) is 0 Å². The minimum Gasteiger partial charge on any atom is -0.462 e. The second-order valence-corrected chi connectivity index (χ2v) is 8.34. The molecule has 126 valence electrons. The van der Waals surface area contributed by atoms with Crippen LogP contribution in [0.25, 0.3) is 0 Å². The third-order valence-electron chi connectivity index (χ3n) is 7.22. The van der Waals surface area contributed by atoms with E-state index in [2.05, 4.69) is 25.2 Å². The fourth-order valence-electron chi connectivity index (χ4n) is 6.13. The standard InChI is InChI=1S/C20H28O3/c1-12(21)23-19-8-7-18-17-5-3-13-11-14(22)4-6-15(13)16(17)9-10-20(18,19)2/h3,5,11,14-19,22H,4,6-10H2,1-2H3/t14?,15-,16?,17?,18?,19-,20-/m0/s1. The van der Waals surface area contributed by atoms with E-state index in [1.807, 2.05) is 0 Å². The number of allylic oxidation sites excluding steroid dienone is 3. The summed E-state index contributed by atoms with van der Waals surface area (Å²) in [5.74, 6) is 2.46. The van der Waals surface area contributed by atoms with E-state index in [4.69, 9.17) is 4.74 Å². The third-order valence-corrected chi connectivity index (χ3v) is 7.22. The minimum absolute atomic E-state index is 0.101. The summed E-state index contributed by atoms with van der Waals surface area (Å²) in [5.41, 5.74) is 1.51. The lowest BCUT2D eigenvalue weighted by Gasteiger charge is -2.51. The number of aliphatic hydroxyl groups excluding tert-OH is 1. The van der Waals surface area contributed by atoms with E-state index in [9.17, 15) is 9.90 Å². The van der Waals surface area contributed by atoms with E-state index in [-0.39, 0.29) is 23.6 Å². The van der Waals surface area contributed by atoms with Gasteiger partial charge in [-0.2, -0.15) is 0 Å². The van der Waals surface area contributed by atoms with Gasteiger partial charge in [0.2, 0.25) is 0 Å². The first-order valence-corrected chi connectivity index (χ1v) is 9.24. The highest BCUT2D eigenvalue weighted by Crippen LogP contribution is 2.61. The summed E-state index contributed by atoms with van der Waals surface area (Å²) in [4.78, 5) is 11.5. The molecule has 3 nitrogen and oxygen atoms in total. The lowest BCUT2D eigenvalue weighted by Crippen LogP contribution is -2.47. The van der Waals surface area contributed by atoms with E-state index >= 15 is 0 Å². The smallest absolute Gasteiger partial charge is 0.302 e. The van der Waals surface area contributed by atoms with E-state index in [0.29, 0.717) is 23.7 Å². The van der Waals surface area contributed by atoms with E-state index in [1.165, 1.54) is 25.3 Å². The van der Waals surface area contributed by atoms with E-state index in [1.54, 1.807) is 0 Å². The third kappa shape index (κ3) is 2.39. The van der Waals surface area contributed by atoms with Gasteiger partial charge >= 0.3 is 5.97 Å². The first-order valence-electron chi connectivity index (χ1n) is 9.24. The Labute approximate surface area is 138 Å². The molecule has 4 unspecified atom stereocenters. The van der Waals surface area contributed by atoms with Crippen LogP contribution in [-0.2, 0) is 9.53 Å². The molecule has 2 saturated carbocycles. The van der Waals surface area contributed by atoms with Crippen molar-refractivity contribution in [1.82, 2.24) is 0 Å². The lowest BCUT2D eigenvalue weighted by atomic mass is 9.54. The maximum Gasteiger partial charge on any atom is 0.302 e. The summed E-state index contributed by atoms with van der Waals surface area (Å²) < 4.78 is 5.68. The van der Waals surface area contributed by atoms with Crippen molar-refractivity contribution in [3.8, 4) is 0 Å². The maximum atomic E-state index is 11.5. The molecule has 23 heavy (non-hydrogen) atoms. The lowest BCUT2D eigenvalue weighted by molar-refractivity contribution is -0.155. The highest BCUT2D eigenvalue weighted by atomic mass is 16.5. The molecule has 0 radical (unpaired) electrons. The summed E-state index contributed by atoms with van der Waals surface area (Å²) in [5, 5.41) is 9.90. The molecule has 0 amide bonds. The number of carbonyl (C=O) groups excluding carboxylic acids is 1. The van der Waals surface area contributed by atoms with Crippen LogP contribution in [0.2, 0.25) is 0 Å². The molecule has 0 spiro atoms. The van der Waals surface area contributed by atoms with Crippen molar-refractivity contribution < 1.29 is 14.6 Å². The first kappa shape index (κ1) is 15.4. The van der Waals surface area contributed by atoms with Gasteiger partial charge < -0.3 is 9.84 Å². The molecule has 4 aliphatic rings. The molecule has 7 atom stereocenters. The van der Waals surface area contributed by atoms with Gasteiger partial charge in [-0.25, -0.2) is 0 Å². The number of hydrogen-bond donors (Lipinski definition) is 1. The Balaban J connectivity index is 1.61. The Morgan fingerprint density at radius 2 is 2.09 bits per heavy atom. The highest BCUT2D eigenvalue weighted by Gasteiger charge is 2.56. The summed E-state index contributed by atoms with van der Waals surface area (Å²) in [6.07, 6.45) is 13.2. The quantitative estimate of drug-likeness (QED) is 0.752. The maximum absolute atomic E-state index is 11.5. The average molecular weight is 316 g/mol. The zero-order valence-corrected chi connectivity index (χ0v) is 14.2. The van der Waals surface area contributed by atoms with Crippen LogP contribution < -0.4 is 0 Å². The summed E-state index contributed by atoms with van der Waals surface area (Å²) in [6, 6.07) is 0. The van der Waals surface area contributed by atoms with Crippen molar-refractivity contribution in [2.24, 2.45) is 29.1 Å². The summed E-state index contributed by atoms with van der Waals surface area (Å²) in [6.45, 7) is 3.88. The van der Waals surface area contributed by atoms with Gasteiger partial charge in [-0.3, -0.25) is 4.79 Å². The SMILES string of the molecule is CC(=O)O[C@H]1CCC2C3C=CC4=CC(O)CC[C@@H]4C3CC[C@@]21C. The van der Waals surface area contributed by atoms with Crippen LogP contribution in [0.3, 0.4) is 0 Å². The van der Waals surface area contributed by atoms with Crippen molar-refractivity contribution in [3.05, 3.63) is 23.8 Å². The number of esters is 1. The van der Waals surface area contributed by atoms with E-state index < -0.39 is 0 Å². The number of carbonyl (C=O) groups is 1. The molecule has 0 saturated heterocycles. The molecule has 0 heterocycles. The Bertz CT molecular complexity index is 563. The van der Waals surface area contributed by atoms with Crippen LogP contribution in [-0.4, -0.2) is 23.3 Å². The van der Waals surface area contributed by atoms with Gasteiger partial charge in [0, 0.05) is 12.3 Å². The molecule has 3 heteroatoms. The van der Waals surface area contributed by atoms with Gasteiger partial charge in [-0.05, 0) is 67.8 Å². The van der Waals surface area contributed by atoms with Crippen LogP contribution in [0.5, 0.6) is 0 Å². The Morgan fingerprint density at radius 3 is 2.87 bits per heavy atom. The van der Waals surface area contributed by atoms with Gasteiger partial charge in [0.25, 0.3) is 0 Å². The molecule has 0 bridgehead atoms. The molecule has 4 rings (SSSR count). The number of hydrogen-bond acceptors (Lipinski definition) is 3. The van der Waals surface area contributed by atoms with Crippen LogP contribution in [0.1, 0.15) is 52.4 Å². The predicted molar refractivity (Wildman–Crippen MR) is 88.6 cm³/mol. The average Bonchev–Trinajstić information content (AvgIpc) is 2.83. The molecule has 4 aliphatic carbocycles. The number of rotatable bonds is 1. The van der Waals surface area contributed by atoms with Crippen molar-refractivity contribution in [1.29, 1.82) is 0 Å². The molecule has 1 N–H and O–H groups in total. The van der Waals surface area contributed by atoms with Gasteiger partial charge in [-0.1, -0.05) is 25.2 Å². The van der Waals surface area contributed by atoms with Gasteiger partial charge in [0.05, 0.1) is 6.10 Å². The van der Waals surface area contributed by atoms with Crippen LogP contribution in [0, 0.1) is 29.1 Å². The van der Waals surface area contributed by atoms with Gasteiger partial charge in [0.15, 0.2) is 0 Å². The zero-order chi connectivity index (χ0) is 16.2. The molecule has 2 fully saturated rings. The molecule has 0 aromatic rings. The topological polar surface area (TPSA) is 46.5 Å². The monoisotopic (exact) mass is 316 g/mol. The van der Waals surface area contributed by atoms with E-state index in [0.717, 1.165) is 25.7 Å². The number of fused-ring (bicyclic) bond motifs is 5. The normalized spacial score (nSPS) is 48.0. The molecular weight excluding hydrogens is 288 g/mol. The minimum atomic E-state index is -0.254. The Morgan fingerprint density at radius 1 is 1.26 bits per heavy atom. The number of ether oxygens (including phenoxy) is 1. The first-order chi connectivity index (χ1) is 11.0. The summed E-state index contributed by atoms with van der Waals surface area (Å²) in [7, 11) is 0. The van der Waals surface area contributed by atoms with Gasteiger partial charge in [-0.15, -0.1) is 0 Å². The van der Waals surface area contributed by atoms with Crippen LogP contribution >= 0.6 is 0 Å². The predicted octanol–water partition coefficient (Wildman–Crippen LogP) is 3.63. The second-order valence-electron chi connectivity index (χ2n) is 8.34. The Kier molecular flexibility index (Phi) is 3.67. The second kappa shape index (κ2) is 5.47. The van der Waals surface area contributed by atoms with Crippen molar-refractivity contribution in [2.75, 3.05) is 0 Å². The fraction of sp³-hybridized carbons (Fsp3) is 0.750. The molecule has 0 aliphatic heterocycles. The highest BCUT2D eigenvalue weighted by molar-refractivity contribution is 5.66. The molecule has 0 aromatic carbocycles. The molecular formula is C20H28O3. The van der Waals surface area contributed by atoms with Gasteiger partial charge in [0.1, 0.15) is 6.10 Å². The van der Waals surface area contributed by atoms with Crippen molar-refractivity contribution >= 4 is 5.97 Å².